The fourth-order valence-corrected chi connectivity index (χ4v) is 1.65. The lowest BCUT2D eigenvalue weighted by atomic mass is 10.1. The summed E-state index contributed by atoms with van der Waals surface area (Å²) in [5.41, 5.74) is -1.45. The highest BCUT2D eigenvalue weighted by Crippen LogP contribution is 2.38. The Balaban J connectivity index is 2.91. The van der Waals surface area contributed by atoms with Crippen LogP contribution in [0.3, 0.4) is 0 Å². The molecule has 0 radical (unpaired) electrons. The normalized spacial score (nSPS) is 13.2. The van der Waals surface area contributed by atoms with Crippen LogP contribution in [0.4, 0.5) is 18.9 Å². The van der Waals surface area contributed by atoms with E-state index >= 15 is 0 Å². The number of anilines is 1. The summed E-state index contributed by atoms with van der Waals surface area (Å²) in [6.45, 7) is 1.49. The summed E-state index contributed by atoms with van der Waals surface area (Å²) in [6.07, 6.45) is -5.21. The molecule has 1 aromatic carbocycles. The summed E-state index contributed by atoms with van der Waals surface area (Å²) in [5, 5.41) is 11.0. The minimum absolute atomic E-state index is 0.0831. The van der Waals surface area contributed by atoms with E-state index < -0.39 is 29.4 Å². The van der Waals surface area contributed by atoms with E-state index in [-0.39, 0.29) is 17.9 Å². The molecule has 1 unspecified atom stereocenters. The first kappa shape index (κ1) is 15.8. The van der Waals surface area contributed by atoms with Crippen LogP contribution in [0.1, 0.15) is 25.3 Å². The van der Waals surface area contributed by atoms with Crippen molar-refractivity contribution in [2.45, 2.75) is 32.0 Å². The van der Waals surface area contributed by atoms with Gasteiger partial charge in [0.25, 0.3) is 0 Å². The molecule has 0 spiro atoms. The van der Waals surface area contributed by atoms with Crippen LogP contribution in [-0.2, 0) is 11.0 Å². The molecule has 0 bridgehead atoms. The van der Waals surface area contributed by atoms with Crippen LogP contribution in [0, 0.1) is 0 Å². The molecular formula is C12H13ClF3NO2. The van der Waals surface area contributed by atoms with Gasteiger partial charge in [-0.15, -0.1) is 0 Å². The molecule has 1 atom stereocenters. The summed E-state index contributed by atoms with van der Waals surface area (Å²) in [4.78, 5) is 11.5. The van der Waals surface area contributed by atoms with Gasteiger partial charge in [-0.3, -0.25) is 4.79 Å². The van der Waals surface area contributed by atoms with Gasteiger partial charge in [0.2, 0.25) is 5.91 Å². The average molecular weight is 296 g/mol. The van der Waals surface area contributed by atoms with Gasteiger partial charge in [0.05, 0.1) is 22.4 Å². The van der Waals surface area contributed by atoms with Gasteiger partial charge in [-0.1, -0.05) is 17.7 Å². The number of carbonyl (C=O) groups is 1. The summed E-state index contributed by atoms with van der Waals surface area (Å²) in [7, 11) is 0. The molecule has 0 saturated heterocycles. The van der Waals surface area contributed by atoms with Crippen molar-refractivity contribution < 1.29 is 23.1 Å². The molecular weight excluding hydrogens is 283 g/mol. The number of aliphatic hydroxyl groups is 1. The van der Waals surface area contributed by atoms with Crippen LogP contribution < -0.4 is 5.32 Å². The first-order valence-corrected chi connectivity index (χ1v) is 5.93. The lowest BCUT2D eigenvalue weighted by Crippen LogP contribution is -2.18. The summed E-state index contributed by atoms with van der Waals surface area (Å²) in [5.74, 6) is -0.625. The molecule has 0 aliphatic heterocycles. The number of aliphatic hydroxyl groups excluding tert-OH is 1. The third-order valence-corrected chi connectivity index (χ3v) is 2.69. The quantitative estimate of drug-likeness (QED) is 0.894. The Kier molecular flexibility index (Phi) is 5.20. The topological polar surface area (TPSA) is 49.3 Å². The zero-order valence-electron chi connectivity index (χ0n) is 10.1. The van der Waals surface area contributed by atoms with E-state index in [0.29, 0.717) is 0 Å². The Morgan fingerprint density at radius 2 is 2.11 bits per heavy atom. The molecule has 3 nitrogen and oxygen atoms in total. The van der Waals surface area contributed by atoms with Crippen molar-refractivity contribution in [3.05, 3.63) is 28.8 Å². The molecule has 106 valence electrons. The fraction of sp³-hybridized carbons (Fsp3) is 0.417. The summed E-state index contributed by atoms with van der Waals surface area (Å²) < 4.78 is 38.2. The van der Waals surface area contributed by atoms with Crippen molar-refractivity contribution in [2.24, 2.45) is 0 Å². The average Bonchev–Trinajstić information content (AvgIpc) is 2.27. The number of hydrogen-bond acceptors (Lipinski definition) is 2. The zero-order valence-corrected chi connectivity index (χ0v) is 10.8. The molecule has 2 N–H and O–H groups in total. The van der Waals surface area contributed by atoms with Gasteiger partial charge in [0.1, 0.15) is 0 Å². The van der Waals surface area contributed by atoms with E-state index in [4.69, 9.17) is 16.7 Å². The predicted octanol–water partition coefficient (Wildman–Crippen LogP) is 3.46. The second-order valence-corrected chi connectivity index (χ2v) is 4.50. The number of hydrogen-bond donors (Lipinski definition) is 2. The number of rotatable bonds is 4. The monoisotopic (exact) mass is 295 g/mol. The van der Waals surface area contributed by atoms with Gasteiger partial charge in [0, 0.05) is 6.42 Å². The molecule has 0 saturated carbocycles. The van der Waals surface area contributed by atoms with Gasteiger partial charge in [0.15, 0.2) is 0 Å². The van der Waals surface area contributed by atoms with Crippen LogP contribution in [0.2, 0.25) is 5.02 Å². The second kappa shape index (κ2) is 6.25. The van der Waals surface area contributed by atoms with Gasteiger partial charge >= 0.3 is 6.18 Å². The predicted molar refractivity (Wildman–Crippen MR) is 66.0 cm³/mol. The van der Waals surface area contributed by atoms with Crippen molar-refractivity contribution >= 4 is 23.2 Å². The van der Waals surface area contributed by atoms with Crippen molar-refractivity contribution in [1.29, 1.82) is 0 Å². The van der Waals surface area contributed by atoms with Crippen LogP contribution in [0.25, 0.3) is 0 Å². The Morgan fingerprint density at radius 1 is 1.47 bits per heavy atom. The minimum Gasteiger partial charge on any atom is -0.393 e. The summed E-state index contributed by atoms with van der Waals surface area (Å²) >= 11 is 5.68. The Morgan fingerprint density at radius 3 is 2.63 bits per heavy atom. The molecule has 0 aliphatic rings. The largest absolute Gasteiger partial charge is 0.418 e. The number of halogens is 4. The number of carbonyl (C=O) groups excluding carboxylic acids is 1. The number of para-hydroxylation sites is 1. The molecule has 0 aliphatic carbocycles. The highest BCUT2D eigenvalue weighted by molar-refractivity contribution is 6.34. The van der Waals surface area contributed by atoms with Crippen molar-refractivity contribution in [1.82, 2.24) is 0 Å². The van der Waals surface area contributed by atoms with Gasteiger partial charge in [-0.25, -0.2) is 0 Å². The molecule has 7 heteroatoms. The maximum atomic E-state index is 12.7. The molecule has 0 aromatic heterocycles. The fourth-order valence-electron chi connectivity index (χ4n) is 1.43. The first-order chi connectivity index (χ1) is 8.71. The Bertz CT molecular complexity index is 461. The van der Waals surface area contributed by atoms with Crippen LogP contribution >= 0.6 is 11.6 Å². The first-order valence-electron chi connectivity index (χ1n) is 5.55. The minimum atomic E-state index is -4.60. The third-order valence-electron chi connectivity index (χ3n) is 2.37. The Labute approximate surface area is 113 Å². The highest BCUT2D eigenvalue weighted by atomic mass is 35.5. The number of amides is 1. The SMILES string of the molecule is CC(O)CCC(=O)Nc1c(Cl)cccc1C(F)(F)F. The number of alkyl halides is 3. The highest BCUT2D eigenvalue weighted by Gasteiger charge is 2.34. The van der Waals surface area contributed by atoms with E-state index in [1.165, 1.54) is 13.0 Å². The maximum absolute atomic E-state index is 12.7. The lowest BCUT2D eigenvalue weighted by Gasteiger charge is -2.15. The Hall–Kier alpha value is -1.27. The number of benzene rings is 1. The zero-order chi connectivity index (χ0) is 14.6. The van der Waals surface area contributed by atoms with Gasteiger partial charge in [-0.05, 0) is 25.5 Å². The van der Waals surface area contributed by atoms with Crippen LogP contribution in [-0.4, -0.2) is 17.1 Å². The standard InChI is InChI=1S/C12H13ClF3NO2/c1-7(18)5-6-10(19)17-11-8(12(14,15)16)3-2-4-9(11)13/h2-4,7,18H,5-6H2,1H3,(H,17,19). The van der Waals surface area contributed by atoms with E-state index in [9.17, 15) is 18.0 Å². The van der Waals surface area contributed by atoms with Gasteiger partial charge < -0.3 is 10.4 Å². The molecule has 1 aromatic rings. The van der Waals surface area contributed by atoms with Crippen LogP contribution in [0.5, 0.6) is 0 Å². The van der Waals surface area contributed by atoms with E-state index in [2.05, 4.69) is 5.32 Å². The third kappa shape index (κ3) is 4.72. The van der Waals surface area contributed by atoms with E-state index in [0.717, 1.165) is 12.1 Å². The van der Waals surface area contributed by atoms with Crippen LogP contribution in [0.15, 0.2) is 18.2 Å². The lowest BCUT2D eigenvalue weighted by molar-refractivity contribution is -0.137. The molecule has 1 rings (SSSR count). The molecule has 0 heterocycles. The second-order valence-electron chi connectivity index (χ2n) is 4.10. The molecule has 19 heavy (non-hydrogen) atoms. The van der Waals surface area contributed by atoms with E-state index in [1.807, 2.05) is 0 Å². The van der Waals surface area contributed by atoms with Gasteiger partial charge in [-0.2, -0.15) is 13.2 Å². The van der Waals surface area contributed by atoms with Crippen molar-refractivity contribution in [3.8, 4) is 0 Å². The summed E-state index contributed by atoms with van der Waals surface area (Å²) in [6, 6.07) is 3.27. The number of nitrogens with one attached hydrogen (secondary N) is 1. The van der Waals surface area contributed by atoms with Crippen molar-refractivity contribution in [3.63, 3.8) is 0 Å². The molecule has 1 amide bonds. The van der Waals surface area contributed by atoms with Crippen molar-refractivity contribution in [2.75, 3.05) is 5.32 Å². The maximum Gasteiger partial charge on any atom is 0.418 e. The van der Waals surface area contributed by atoms with E-state index in [1.54, 1.807) is 0 Å². The molecule has 0 fully saturated rings. The smallest absolute Gasteiger partial charge is 0.393 e.